The Morgan fingerprint density at radius 2 is 0.937 bits per heavy atom. The van der Waals surface area contributed by atoms with E-state index < -0.39 is 20.0 Å². The first-order valence-corrected chi connectivity index (χ1v) is 25.1. The molecule has 0 amide bonds. The quantitative estimate of drug-likeness (QED) is 0.113. The van der Waals surface area contributed by atoms with Crippen molar-refractivity contribution >= 4 is 68.9 Å². The Kier molecular flexibility index (Phi) is 14.8. The van der Waals surface area contributed by atoms with Gasteiger partial charge in [-0.05, 0) is 48.5 Å². The Morgan fingerprint density at radius 3 is 1.35 bits per heavy atom. The van der Waals surface area contributed by atoms with Gasteiger partial charge in [0.2, 0.25) is 20.0 Å². The molecular formula is C43H47BrN6O9S4. The van der Waals surface area contributed by atoms with Crippen LogP contribution in [0.15, 0.2) is 110 Å². The molecule has 4 aromatic carbocycles. The monoisotopic (exact) mass is 998 g/mol. The van der Waals surface area contributed by atoms with E-state index in [2.05, 4.69) is 25.7 Å². The molecule has 0 N–H and O–H groups in total. The van der Waals surface area contributed by atoms with E-state index in [-0.39, 0.29) is 9.79 Å². The summed E-state index contributed by atoms with van der Waals surface area (Å²) >= 11 is 6.62. The van der Waals surface area contributed by atoms with E-state index >= 15 is 0 Å². The van der Waals surface area contributed by atoms with Crippen LogP contribution >= 0.6 is 38.6 Å². The maximum atomic E-state index is 13.1. The summed E-state index contributed by atoms with van der Waals surface area (Å²) < 4.78 is 82.7. The molecule has 63 heavy (non-hydrogen) atoms. The van der Waals surface area contributed by atoms with E-state index in [9.17, 15) is 16.8 Å². The van der Waals surface area contributed by atoms with Crippen molar-refractivity contribution in [3.63, 3.8) is 0 Å². The maximum absolute atomic E-state index is 13.1. The standard InChI is InChI=1S/C22H25N3O5S2.C21H22BrN3O4S2/c1-28-17-6-4-5-16(13-17)19-15-31-22(23-19)24-9-11-25(12-10-24)32(26,27)18-7-8-20(29-2)21(14-18)30-3;1-28-19-7-6-17(13-20(19)29-2)31(26,27)25-10-8-24(9-11-25)21-23-18(14-30-21)15-4-3-5-16(22)12-15/h4-8,13-15H,9-12H2,1-3H3;3-7,12-14H,8-11H2,1-2H3. The van der Waals surface area contributed by atoms with E-state index in [1.165, 1.54) is 49.2 Å². The summed E-state index contributed by atoms with van der Waals surface area (Å²) in [5.41, 5.74) is 3.83. The summed E-state index contributed by atoms with van der Waals surface area (Å²) in [6.45, 7) is 3.84. The number of thiazole rings is 2. The molecule has 0 spiro atoms. The number of rotatable bonds is 13. The minimum atomic E-state index is -3.63. The van der Waals surface area contributed by atoms with Gasteiger partial charge in [-0.3, -0.25) is 0 Å². The molecule has 0 saturated carbocycles. The average molecular weight is 1000 g/mol. The summed E-state index contributed by atoms with van der Waals surface area (Å²) in [5, 5.41) is 5.82. The number of sulfonamides is 2. The van der Waals surface area contributed by atoms with Crippen molar-refractivity contribution < 1.29 is 40.5 Å². The SMILES string of the molecule is COc1ccc(S(=O)(=O)N2CCN(c3nc(-c4cccc(Br)c4)cs3)CC2)cc1OC.COc1cccc(-c2csc(N3CCN(S(=O)(=O)c4ccc(OC)c(OC)c4)CC3)n2)c1. The van der Waals surface area contributed by atoms with E-state index in [1.54, 1.807) is 54.0 Å². The molecule has 2 aliphatic rings. The van der Waals surface area contributed by atoms with Crippen LogP contribution in [0.25, 0.3) is 22.5 Å². The number of anilines is 2. The number of hydrogen-bond acceptors (Lipinski definition) is 15. The highest BCUT2D eigenvalue weighted by molar-refractivity contribution is 9.10. The number of nitrogens with zero attached hydrogens (tertiary/aromatic N) is 6. The van der Waals surface area contributed by atoms with Gasteiger partial charge in [0.1, 0.15) is 5.75 Å². The first-order valence-electron chi connectivity index (χ1n) is 19.6. The van der Waals surface area contributed by atoms with Gasteiger partial charge in [0.05, 0.1) is 56.7 Å². The van der Waals surface area contributed by atoms with Gasteiger partial charge in [0.15, 0.2) is 33.3 Å². The molecule has 15 nitrogen and oxygen atoms in total. The van der Waals surface area contributed by atoms with Crippen LogP contribution in [0.4, 0.5) is 10.3 Å². The van der Waals surface area contributed by atoms with Crippen LogP contribution < -0.4 is 33.5 Å². The number of piperazine rings is 2. The number of halogens is 1. The zero-order valence-corrected chi connectivity index (χ0v) is 40.1. The second kappa shape index (κ2) is 20.3. The van der Waals surface area contributed by atoms with Crippen LogP contribution in [0.1, 0.15) is 0 Å². The van der Waals surface area contributed by atoms with Crippen LogP contribution in [0.3, 0.4) is 0 Å². The molecule has 2 aliphatic heterocycles. The molecule has 2 saturated heterocycles. The highest BCUT2D eigenvalue weighted by atomic mass is 79.9. The van der Waals surface area contributed by atoms with Gasteiger partial charge >= 0.3 is 0 Å². The highest BCUT2D eigenvalue weighted by Crippen LogP contribution is 2.35. The number of hydrogen-bond donors (Lipinski definition) is 0. The smallest absolute Gasteiger partial charge is 0.243 e. The molecule has 0 atom stereocenters. The average Bonchev–Trinajstić information content (AvgIpc) is 4.03. The maximum Gasteiger partial charge on any atom is 0.243 e. The minimum absolute atomic E-state index is 0.193. The summed E-state index contributed by atoms with van der Waals surface area (Å²) in [6.07, 6.45) is 0. The lowest BCUT2D eigenvalue weighted by Gasteiger charge is -2.33. The number of aromatic nitrogens is 2. The van der Waals surface area contributed by atoms with Crippen LogP contribution in [-0.4, -0.2) is 123 Å². The van der Waals surface area contributed by atoms with Crippen LogP contribution in [0.2, 0.25) is 0 Å². The largest absolute Gasteiger partial charge is 0.497 e. The van der Waals surface area contributed by atoms with Gasteiger partial charge in [-0.1, -0.05) is 40.2 Å². The van der Waals surface area contributed by atoms with E-state index in [4.69, 9.17) is 33.7 Å². The van der Waals surface area contributed by atoms with Gasteiger partial charge in [0, 0.05) is 90.9 Å². The molecule has 20 heteroatoms. The molecule has 0 bridgehead atoms. The van der Waals surface area contributed by atoms with Gasteiger partial charge in [0.25, 0.3) is 0 Å². The van der Waals surface area contributed by atoms with Gasteiger partial charge in [-0.25, -0.2) is 26.8 Å². The molecule has 2 fully saturated rings. The number of benzene rings is 4. The van der Waals surface area contributed by atoms with Crippen LogP contribution in [-0.2, 0) is 20.0 Å². The third-order valence-corrected chi connectivity index (χ3v) is 16.6. The molecule has 334 valence electrons. The Morgan fingerprint density at radius 1 is 0.508 bits per heavy atom. The lowest BCUT2D eigenvalue weighted by Crippen LogP contribution is -2.48. The summed E-state index contributed by atoms with van der Waals surface area (Å²) in [5.74, 6) is 2.55. The fourth-order valence-electron chi connectivity index (χ4n) is 7.01. The Hall–Kier alpha value is -4.96. The molecule has 4 heterocycles. The molecule has 6 aromatic rings. The normalized spacial score (nSPS) is 15.0. The van der Waals surface area contributed by atoms with Crippen LogP contribution in [0.5, 0.6) is 28.7 Å². The van der Waals surface area contributed by atoms with Crippen molar-refractivity contribution in [1.82, 2.24) is 18.6 Å². The number of methoxy groups -OCH3 is 5. The lowest BCUT2D eigenvalue weighted by atomic mass is 10.2. The Balaban J connectivity index is 0.000000189. The molecule has 8 rings (SSSR count). The van der Waals surface area contributed by atoms with Gasteiger partial charge < -0.3 is 33.5 Å². The lowest BCUT2D eigenvalue weighted by molar-refractivity contribution is 0.353. The zero-order chi connectivity index (χ0) is 44.7. The Labute approximate surface area is 384 Å². The van der Waals surface area contributed by atoms with Gasteiger partial charge in [-0.2, -0.15) is 8.61 Å². The molecular weight excluding hydrogens is 953 g/mol. The topological polar surface area (TPSA) is 153 Å². The zero-order valence-electron chi connectivity index (χ0n) is 35.3. The van der Waals surface area contributed by atoms with E-state index in [1.807, 2.05) is 59.3 Å². The molecule has 2 aromatic heterocycles. The molecule has 0 aliphatic carbocycles. The van der Waals surface area contributed by atoms with E-state index in [0.29, 0.717) is 75.4 Å². The van der Waals surface area contributed by atoms with Crippen molar-refractivity contribution in [3.05, 3.63) is 100 Å². The fourth-order valence-corrected chi connectivity index (χ4v) is 12.1. The van der Waals surface area contributed by atoms with Crippen LogP contribution in [0, 0.1) is 0 Å². The van der Waals surface area contributed by atoms with Crippen molar-refractivity contribution in [2.45, 2.75) is 9.79 Å². The predicted molar refractivity (Wildman–Crippen MR) is 250 cm³/mol. The van der Waals surface area contributed by atoms with E-state index in [0.717, 1.165) is 43.0 Å². The highest BCUT2D eigenvalue weighted by Gasteiger charge is 2.32. The molecule has 0 unspecified atom stereocenters. The fraction of sp³-hybridized carbons (Fsp3) is 0.302. The Bertz CT molecular complexity index is 2740. The minimum Gasteiger partial charge on any atom is -0.497 e. The van der Waals surface area contributed by atoms with Crippen molar-refractivity contribution in [2.24, 2.45) is 0 Å². The third-order valence-electron chi connectivity index (χ3n) is 10.5. The number of ether oxygens (including phenoxy) is 5. The first kappa shape index (κ1) is 46.0. The second-order valence-electron chi connectivity index (χ2n) is 14.1. The van der Waals surface area contributed by atoms with Crippen molar-refractivity contribution in [1.29, 1.82) is 0 Å². The summed E-state index contributed by atoms with van der Waals surface area (Å²) in [6, 6.07) is 25.1. The molecule has 0 radical (unpaired) electrons. The summed E-state index contributed by atoms with van der Waals surface area (Å²) in [4.78, 5) is 14.2. The predicted octanol–water partition coefficient (Wildman–Crippen LogP) is 7.45. The van der Waals surface area contributed by atoms with Gasteiger partial charge in [-0.15, -0.1) is 22.7 Å². The first-order chi connectivity index (χ1) is 30.4. The third kappa shape index (κ3) is 10.4. The van der Waals surface area contributed by atoms with Crippen molar-refractivity contribution in [3.8, 4) is 51.3 Å². The second-order valence-corrected chi connectivity index (χ2v) is 20.6. The summed E-state index contributed by atoms with van der Waals surface area (Å²) in [7, 11) is 0.404. The van der Waals surface area contributed by atoms with Crippen molar-refractivity contribution in [2.75, 3.05) is 97.7 Å².